The number of nitrogens with zero attached hydrogens (tertiary/aromatic N) is 2. The van der Waals surface area contributed by atoms with Crippen molar-refractivity contribution in [3.63, 3.8) is 0 Å². The van der Waals surface area contributed by atoms with Gasteiger partial charge in [0, 0.05) is 29.2 Å². The lowest BCUT2D eigenvalue weighted by atomic mass is 10.0. The Morgan fingerprint density at radius 3 is 2.56 bits per heavy atom. The van der Waals surface area contributed by atoms with Crippen molar-refractivity contribution in [1.29, 1.82) is 0 Å². The zero-order valence-electron chi connectivity index (χ0n) is 14.0. The molecule has 0 aliphatic carbocycles. The molecule has 3 aromatic carbocycles. The van der Waals surface area contributed by atoms with Gasteiger partial charge in [0.25, 0.3) is 0 Å². The minimum absolute atomic E-state index is 0.520. The molecular weight excluding hydrogens is 310 g/mol. The molecule has 1 heterocycles. The van der Waals surface area contributed by atoms with Gasteiger partial charge in [0.15, 0.2) is 0 Å². The molecule has 4 aromatic rings. The van der Waals surface area contributed by atoms with Crippen LogP contribution >= 0.6 is 0 Å². The van der Waals surface area contributed by atoms with Crippen molar-refractivity contribution in [2.24, 2.45) is 7.05 Å². The first-order valence-electron chi connectivity index (χ1n) is 8.20. The van der Waals surface area contributed by atoms with E-state index < -0.39 is 0 Å². The Morgan fingerprint density at radius 2 is 1.72 bits per heavy atom. The summed E-state index contributed by atoms with van der Waals surface area (Å²) in [5.74, 6) is 0.819. The van der Waals surface area contributed by atoms with Crippen molar-refractivity contribution in [2.75, 3.05) is 5.73 Å². The molecule has 124 valence electrons. The molecule has 0 spiro atoms. The topological polar surface area (TPSA) is 53.1 Å². The summed E-state index contributed by atoms with van der Waals surface area (Å²) in [5.41, 5.74) is 11.1. The summed E-state index contributed by atoms with van der Waals surface area (Å²) in [4.78, 5) is 0. The molecule has 25 heavy (non-hydrogen) atoms. The van der Waals surface area contributed by atoms with Gasteiger partial charge in [0.1, 0.15) is 12.4 Å². The minimum Gasteiger partial charge on any atom is -0.488 e. The molecule has 4 rings (SSSR count). The Hall–Kier alpha value is -3.27. The fourth-order valence-electron chi connectivity index (χ4n) is 3.00. The Kier molecular flexibility index (Phi) is 3.86. The summed E-state index contributed by atoms with van der Waals surface area (Å²) < 4.78 is 7.93. The van der Waals surface area contributed by atoms with Crippen molar-refractivity contribution in [3.8, 4) is 16.9 Å². The summed E-state index contributed by atoms with van der Waals surface area (Å²) in [5, 5.41) is 5.33. The first kappa shape index (κ1) is 15.3. The number of para-hydroxylation sites is 1. The SMILES string of the molecule is Cn1ncc2cc(N)c(-c3ccccc3OCc3ccccc3)cc21. The van der Waals surface area contributed by atoms with Crippen molar-refractivity contribution < 1.29 is 4.74 Å². The molecule has 0 bridgehead atoms. The summed E-state index contributed by atoms with van der Waals surface area (Å²) in [7, 11) is 1.93. The standard InChI is InChI=1S/C21H19N3O/c1-24-20-12-18(19(22)11-16(20)13-23-24)17-9-5-6-10-21(17)25-14-15-7-3-2-4-8-15/h2-13H,14,22H2,1H3. The van der Waals surface area contributed by atoms with Gasteiger partial charge in [0.2, 0.25) is 0 Å². The predicted octanol–water partition coefficient (Wildman–Crippen LogP) is 4.40. The van der Waals surface area contributed by atoms with Crippen LogP contribution in [-0.4, -0.2) is 9.78 Å². The second kappa shape index (κ2) is 6.32. The number of ether oxygens (including phenoxy) is 1. The summed E-state index contributed by atoms with van der Waals surface area (Å²) >= 11 is 0. The number of anilines is 1. The van der Waals surface area contributed by atoms with Crippen LogP contribution in [0.5, 0.6) is 5.75 Å². The third kappa shape index (κ3) is 2.94. The number of benzene rings is 3. The van der Waals surface area contributed by atoms with E-state index >= 15 is 0 Å². The fourth-order valence-corrected chi connectivity index (χ4v) is 3.00. The highest BCUT2D eigenvalue weighted by atomic mass is 16.5. The van der Waals surface area contributed by atoms with Crippen molar-refractivity contribution >= 4 is 16.6 Å². The van der Waals surface area contributed by atoms with Gasteiger partial charge in [0.05, 0.1) is 11.7 Å². The maximum absolute atomic E-state index is 6.31. The molecule has 1 aromatic heterocycles. The van der Waals surface area contributed by atoms with Crippen LogP contribution in [0.15, 0.2) is 72.9 Å². The van der Waals surface area contributed by atoms with Gasteiger partial charge in [-0.1, -0.05) is 48.5 Å². The molecule has 0 aliphatic rings. The van der Waals surface area contributed by atoms with E-state index in [9.17, 15) is 0 Å². The van der Waals surface area contributed by atoms with E-state index in [1.165, 1.54) is 0 Å². The van der Waals surface area contributed by atoms with E-state index in [4.69, 9.17) is 10.5 Å². The molecule has 4 nitrogen and oxygen atoms in total. The van der Waals surface area contributed by atoms with Gasteiger partial charge in [-0.05, 0) is 23.8 Å². The van der Waals surface area contributed by atoms with Gasteiger partial charge >= 0.3 is 0 Å². The van der Waals surface area contributed by atoms with E-state index in [1.54, 1.807) is 0 Å². The normalized spacial score (nSPS) is 10.9. The average Bonchev–Trinajstić information content (AvgIpc) is 3.00. The number of nitrogen functional groups attached to an aromatic ring is 1. The fraction of sp³-hybridized carbons (Fsp3) is 0.0952. The van der Waals surface area contributed by atoms with Crippen LogP contribution in [0.25, 0.3) is 22.0 Å². The van der Waals surface area contributed by atoms with Crippen LogP contribution in [0.4, 0.5) is 5.69 Å². The smallest absolute Gasteiger partial charge is 0.127 e. The molecule has 0 fully saturated rings. The first-order chi connectivity index (χ1) is 12.2. The van der Waals surface area contributed by atoms with Crippen molar-refractivity contribution in [2.45, 2.75) is 6.61 Å². The van der Waals surface area contributed by atoms with Crippen LogP contribution in [-0.2, 0) is 13.7 Å². The van der Waals surface area contributed by atoms with Crippen molar-refractivity contribution in [3.05, 3.63) is 78.5 Å². The molecule has 0 unspecified atom stereocenters. The van der Waals surface area contributed by atoms with Crippen molar-refractivity contribution in [1.82, 2.24) is 9.78 Å². The molecule has 4 heteroatoms. The number of fused-ring (bicyclic) bond motifs is 1. The Bertz CT molecular complexity index is 1020. The lowest BCUT2D eigenvalue weighted by Crippen LogP contribution is -1.98. The third-order valence-corrected chi connectivity index (χ3v) is 4.33. The highest BCUT2D eigenvalue weighted by Crippen LogP contribution is 2.36. The maximum Gasteiger partial charge on any atom is 0.127 e. The van der Waals surface area contributed by atoms with Gasteiger partial charge in [-0.25, -0.2) is 0 Å². The maximum atomic E-state index is 6.31. The lowest BCUT2D eigenvalue weighted by Gasteiger charge is -2.14. The Balaban J connectivity index is 1.73. The zero-order valence-corrected chi connectivity index (χ0v) is 14.0. The summed E-state index contributed by atoms with van der Waals surface area (Å²) in [6.07, 6.45) is 1.83. The molecule has 0 radical (unpaired) electrons. The summed E-state index contributed by atoms with van der Waals surface area (Å²) in [6.45, 7) is 0.520. The Morgan fingerprint density at radius 1 is 0.960 bits per heavy atom. The number of hydrogen-bond donors (Lipinski definition) is 1. The molecule has 0 atom stereocenters. The largest absolute Gasteiger partial charge is 0.488 e. The van der Waals surface area contributed by atoms with Crippen LogP contribution in [0.2, 0.25) is 0 Å². The highest BCUT2D eigenvalue weighted by Gasteiger charge is 2.12. The first-order valence-corrected chi connectivity index (χ1v) is 8.20. The van der Waals surface area contributed by atoms with Crippen LogP contribution in [0.1, 0.15) is 5.56 Å². The molecular formula is C21H19N3O. The summed E-state index contributed by atoms with van der Waals surface area (Å²) in [6, 6.07) is 22.2. The number of hydrogen-bond acceptors (Lipinski definition) is 3. The predicted molar refractivity (Wildman–Crippen MR) is 101 cm³/mol. The van der Waals surface area contributed by atoms with E-state index in [1.807, 2.05) is 66.5 Å². The van der Waals surface area contributed by atoms with E-state index in [0.29, 0.717) is 6.61 Å². The van der Waals surface area contributed by atoms with Gasteiger partial charge in [-0.2, -0.15) is 5.10 Å². The van der Waals surface area contributed by atoms with Gasteiger partial charge < -0.3 is 10.5 Å². The van der Waals surface area contributed by atoms with Crippen LogP contribution in [0, 0.1) is 0 Å². The molecule has 0 amide bonds. The molecule has 2 N–H and O–H groups in total. The molecule has 0 saturated carbocycles. The Labute approximate surface area is 146 Å². The van der Waals surface area contributed by atoms with Crippen LogP contribution < -0.4 is 10.5 Å². The van der Waals surface area contributed by atoms with E-state index in [2.05, 4.69) is 23.3 Å². The van der Waals surface area contributed by atoms with Crippen LogP contribution in [0.3, 0.4) is 0 Å². The molecule has 0 aliphatic heterocycles. The van der Waals surface area contributed by atoms with E-state index in [-0.39, 0.29) is 0 Å². The highest BCUT2D eigenvalue weighted by molar-refractivity contribution is 5.92. The number of aromatic nitrogens is 2. The minimum atomic E-state index is 0.520. The quantitative estimate of drug-likeness (QED) is 0.565. The van der Waals surface area contributed by atoms with Gasteiger partial charge in [-0.3, -0.25) is 4.68 Å². The monoisotopic (exact) mass is 329 g/mol. The number of aryl methyl sites for hydroxylation is 1. The average molecular weight is 329 g/mol. The van der Waals surface area contributed by atoms with E-state index in [0.717, 1.165) is 39.0 Å². The molecule has 0 saturated heterocycles. The number of rotatable bonds is 4. The van der Waals surface area contributed by atoms with Gasteiger partial charge in [-0.15, -0.1) is 0 Å². The lowest BCUT2D eigenvalue weighted by molar-refractivity contribution is 0.307. The third-order valence-electron chi connectivity index (χ3n) is 4.33. The second-order valence-corrected chi connectivity index (χ2v) is 6.04. The zero-order chi connectivity index (χ0) is 17.2. The number of nitrogens with two attached hydrogens (primary N) is 1. The second-order valence-electron chi connectivity index (χ2n) is 6.04.